The van der Waals surface area contributed by atoms with Gasteiger partial charge < -0.3 is 0 Å². The molecule has 3 rings (SSSR count). The van der Waals surface area contributed by atoms with E-state index in [9.17, 15) is 4.79 Å². The molecule has 1 aromatic heterocycles. The lowest BCUT2D eigenvalue weighted by molar-refractivity contribution is -0.132. The van der Waals surface area contributed by atoms with E-state index in [2.05, 4.69) is 5.10 Å². The van der Waals surface area contributed by atoms with Crippen LogP contribution in [0.4, 0.5) is 0 Å². The van der Waals surface area contributed by atoms with Crippen LogP contribution in [0.15, 0.2) is 46.9 Å². The highest BCUT2D eigenvalue weighted by Crippen LogP contribution is 2.34. The predicted octanol–water partition coefficient (Wildman–Crippen LogP) is 4.49. The summed E-state index contributed by atoms with van der Waals surface area (Å²) in [5, 5.41) is 8.91. The summed E-state index contributed by atoms with van der Waals surface area (Å²) in [5.41, 5.74) is 2.04. The molecule has 3 nitrogen and oxygen atoms in total. The number of rotatable bonds is 3. The summed E-state index contributed by atoms with van der Waals surface area (Å²) < 4.78 is 0. The first-order chi connectivity index (χ1) is 10.2. The van der Waals surface area contributed by atoms with E-state index in [-0.39, 0.29) is 11.9 Å². The summed E-state index contributed by atoms with van der Waals surface area (Å²) in [4.78, 5) is 13.3. The maximum atomic E-state index is 12.2. The highest BCUT2D eigenvalue weighted by molar-refractivity contribution is 7.12. The Morgan fingerprint density at radius 1 is 1.38 bits per heavy atom. The summed E-state index contributed by atoms with van der Waals surface area (Å²) in [6.07, 6.45) is 1.19. The van der Waals surface area contributed by atoms with Gasteiger partial charge in [-0.25, -0.2) is 5.01 Å². The van der Waals surface area contributed by atoms with Gasteiger partial charge >= 0.3 is 0 Å². The number of amides is 1. The molecular weight excluding hydrogens is 304 g/mol. The molecule has 0 aliphatic carbocycles. The molecule has 108 valence electrons. The number of thiophene rings is 1. The van der Waals surface area contributed by atoms with Crippen molar-refractivity contribution in [1.82, 2.24) is 5.01 Å². The number of carbonyl (C=O) groups excluding carboxylic acids is 1. The van der Waals surface area contributed by atoms with Crippen LogP contribution in [0.5, 0.6) is 0 Å². The molecule has 1 aliphatic rings. The Labute approximate surface area is 132 Å². The summed E-state index contributed by atoms with van der Waals surface area (Å²) in [6, 6.07) is 11.7. The highest BCUT2D eigenvalue weighted by atomic mass is 35.5. The van der Waals surface area contributed by atoms with Crippen LogP contribution in [-0.2, 0) is 4.79 Å². The lowest BCUT2D eigenvalue weighted by atomic mass is 10.0. The number of benzene rings is 1. The first kappa shape index (κ1) is 14.3. The van der Waals surface area contributed by atoms with Crippen LogP contribution >= 0.6 is 22.9 Å². The van der Waals surface area contributed by atoms with Crippen LogP contribution in [0.25, 0.3) is 0 Å². The van der Waals surface area contributed by atoms with Gasteiger partial charge in [0.25, 0.3) is 0 Å². The fraction of sp³-hybridized carbons (Fsp3) is 0.250. The standard InChI is InChI=1S/C16H15ClN2OS/c1-2-16(20)19-14(11-5-7-12(17)8-6-11)10-13(18-19)15-4-3-9-21-15/h3-9,14H,2,10H2,1H3. The first-order valence-corrected chi connectivity index (χ1v) is 8.13. The zero-order valence-corrected chi connectivity index (χ0v) is 13.2. The number of halogens is 1. The molecular formula is C16H15ClN2OS. The van der Waals surface area contributed by atoms with Crippen LogP contribution in [0.3, 0.4) is 0 Å². The minimum atomic E-state index is -0.0354. The van der Waals surface area contributed by atoms with Crippen molar-refractivity contribution in [3.05, 3.63) is 57.2 Å². The van der Waals surface area contributed by atoms with Crippen molar-refractivity contribution in [2.45, 2.75) is 25.8 Å². The molecule has 0 saturated carbocycles. The van der Waals surface area contributed by atoms with Crippen molar-refractivity contribution in [3.8, 4) is 0 Å². The van der Waals surface area contributed by atoms with Crippen LogP contribution in [-0.4, -0.2) is 16.6 Å². The van der Waals surface area contributed by atoms with Crippen LogP contribution in [0.1, 0.15) is 36.2 Å². The average molecular weight is 319 g/mol. The quantitative estimate of drug-likeness (QED) is 0.820. The van der Waals surface area contributed by atoms with Crippen molar-refractivity contribution < 1.29 is 4.79 Å². The van der Waals surface area contributed by atoms with E-state index in [1.165, 1.54) is 0 Å². The molecule has 0 fully saturated rings. The van der Waals surface area contributed by atoms with Crippen molar-refractivity contribution in [3.63, 3.8) is 0 Å². The Balaban J connectivity index is 1.93. The van der Waals surface area contributed by atoms with Crippen molar-refractivity contribution in [2.75, 3.05) is 0 Å². The van der Waals surface area contributed by atoms with Gasteiger partial charge in [-0.15, -0.1) is 11.3 Å². The van der Waals surface area contributed by atoms with Gasteiger partial charge in [-0.2, -0.15) is 5.10 Å². The molecule has 1 amide bonds. The van der Waals surface area contributed by atoms with Gasteiger partial charge in [0.15, 0.2) is 0 Å². The van der Waals surface area contributed by atoms with Gasteiger partial charge in [-0.3, -0.25) is 4.79 Å². The molecule has 0 N–H and O–H groups in total. The SMILES string of the molecule is CCC(=O)N1N=C(c2cccs2)CC1c1ccc(Cl)cc1. The Morgan fingerprint density at radius 2 is 2.14 bits per heavy atom. The van der Waals surface area contributed by atoms with E-state index >= 15 is 0 Å². The van der Waals surface area contributed by atoms with Crippen LogP contribution < -0.4 is 0 Å². The fourth-order valence-electron chi connectivity index (χ4n) is 2.44. The largest absolute Gasteiger partial charge is 0.273 e. The van der Waals surface area contributed by atoms with E-state index in [1.54, 1.807) is 16.3 Å². The molecule has 1 unspecified atom stereocenters. The molecule has 1 aromatic carbocycles. The Morgan fingerprint density at radius 3 is 2.76 bits per heavy atom. The molecule has 1 atom stereocenters. The van der Waals surface area contributed by atoms with E-state index in [0.29, 0.717) is 11.4 Å². The van der Waals surface area contributed by atoms with E-state index in [0.717, 1.165) is 22.6 Å². The lowest BCUT2D eigenvalue weighted by Crippen LogP contribution is -2.26. The predicted molar refractivity (Wildman–Crippen MR) is 86.8 cm³/mol. The highest BCUT2D eigenvalue weighted by Gasteiger charge is 2.32. The Kier molecular flexibility index (Phi) is 4.08. The van der Waals surface area contributed by atoms with E-state index < -0.39 is 0 Å². The molecule has 0 radical (unpaired) electrons. The number of hydrazone groups is 1. The third kappa shape index (κ3) is 2.87. The van der Waals surface area contributed by atoms with E-state index in [1.807, 2.05) is 48.7 Å². The van der Waals surface area contributed by atoms with Gasteiger partial charge in [-0.05, 0) is 29.1 Å². The molecule has 0 saturated heterocycles. The van der Waals surface area contributed by atoms with Gasteiger partial charge in [-0.1, -0.05) is 36.7 Å². The van der Waals surface area contributed by atoms with Gasteiger partial charge in [0, 0.05) is 17.9 Å². The number of hydrogen-bond donors (Lipinski definition) is 0. The van der Waals surface area contributed by atoms with Gasteiger partial charge in [0.05, 0.1) is 16.6 Å². The zero-order valence-electron chi connectivity index (χ0n) is 11.6. The number of nitrogens with zero attached hydrogens (tertiary/aromatic N) is 2. The molecule has 2 heterocycles. The second kappa shape index (κ2) is 6.00. The summed E-state index contributed by atoms with van der Waals surface area (Å²) >= 11 is 7.60. The third-order valence-electron chi connectivity index (χ3n) is 3.53. The minimum absolute atomic E-state index is 0.0354. The average Bonchev–Trinajstić information content (AvgIpc) is 3.16. The molecule has 21 heavy (non-hydrogen) atoms. The zero-order chi connectivity index (χ0) is 14.8. The van der Waals surface area contributed by atoms with Gasteiger partial charge in [0.1, 0.15) is 0 Å². The molecule has 0 bridgehead atoms. The molecule has 2 aromatic rings. The Hall–Kier alpha value is -1.65. The maximum Gasteiger partial charge on any atom is 0.242 e. The summed E-state index contributed by atoms with van der Waals surface area (Å²) in [7, 11) is 0. The maximum absolute atomic E-state index is 12.2. The molecule has 0 spiro atoms. The summed E-state index contributed by atoms with van der Waals surface area (Å²) in [5.74, 6) is 0.0431. The van der Waals surface area contributed by atoms with Gasteiger partial charge in [0.2, 0.25) is 5.91 Å². The number of carbonyl (C=O) groups is 1. The van der Waals surface area contributed by atoms with Crippen LogP contribution in [0.2, 0.25) is 5.02 Å². The second-order valence-corrected chi connectivity index (χ2v) is 6.27. The Bertz CT molecular complexity index is 664. The fourth-order valence-corrected chi connectivity index (χ4v) is 3.29. The second-order valence-electron chi connectivity index (χ2n) is 4.89. The minimum Gasteiger partial charge on any atom is -0.273 e. The lowest BCUT2D eigenvalue weighted by Gasteiger charge is -2.21. The van der Waals surface area contributed by atoms with Crippen molar-refractivity contribution in [1.29, 1.82) is 0 Å². The molecule has 5 heteroatoms. The monoisotopic (exact) mass is 318 g/mol. The topological polar surface area (TPSA) is 32.7 Å². The number of hydrogen-bond acceptors (Lipinski definition) is 3. The van der Waals surface area contributed by atoms with E-state index in [4.69, 9.17) is 11.6 Å². The molecule has 1 aliphatic heterocycles. The third-order valence-corrected chi connectivity index (χ3v) is 4.70. The van der Waals surface area contributed by atoms with Crippen LogP contribution in [0, 0.1) is 0 Å². The normalized spacial score (nSPS) is 17.9. The summed E-state index contributed by atoms with van der Waals surface area (Å²) in [6.45, 7) is 1.86. The van der Waals surface area contributed by atoms with Crippen molar-refractivity contribution in [2.24, 2.45) is 5.10 Å². The van der Waals surface area contributed by atoms with Crippen molar-refractivity contribution >= 4 is 34.6 Å². The smallest absolute Gasteiger partial charge is 0.242 e. The first-order valence-electron chi connectivity index (χ1n) is 6.88.